The minimum absolute atomic E-state index is 0.249. The SMILES string of the molecule is Cc1ccccc1CSc1nnc(CN(C)Cc2cn(C)nc2C)n1C[C@@H]1CCCO1. The van der Waals surface area contributed by atoms with E-state index in [-0.39, 0.29) is 6.10 Å². The van der Waals surface area contributed by atoms with E-state index in [1.807, 2.05) is 11.7 Å². The molecule has 1 aliphatic heterocycles. The average Bonchev–Trinajstić information content (AvgIpc) is 3.45. The van der Waals surface area contributed by atoms with Crippen LogP contribution in [0.4, 0.5) is 0 Å². The van der Waals surface area contributed by atoms with Gasteiger partial charge in [-0.2, -0.15) is 5.10 Å². The van der Waals surface area contributed by atoms with Crippen LogP contribution in [0.1, 0.15) is 41.1 Å². The molecule has 31 heavy (non-hydrogen) atoms. The van der Waals surface area contributed by atoms with Crippen LogP contribution >= 0.6 is 11.8 Å². The molecule has 0 bridgehead atoms. The summed E-state index contributed by atoms with van der Waals surface area (Å²) in [5, 5.41) is 14.6. The predicted molar refractivity (Wildman–Crippen MR) is 123 cm³/mol. The van der Waals surface area contributed by atoms with Gasteiger partial charge in [-0.05, 0) is 44.9 Å². The molecule has 166 valence electrons. The van der Waals surface area contributed by atoms with Gasteiger partial charge in [0.05, 0.1) is 24.9 Å². The Morgan fingerprint density at radius 2 is 2.00 bits per heavy atom. The van der Waals surface area contributed by atoms with Gasteiger partial charge in [0.15, 0.2) is 5.16 Å². The van der Waals surface area contributed by atoms with Crippen LogP contribution in [0.2, 0.25) is 0 Å². The summed E-state index contributed by atoms with van der Waals surface area (Å²) in [6, 6.07) is 8.53. The maximum atomic E-state index is 5.93. The van der Waals surface area contributed by atoms with Crippen molar-refractivity contribution in [3.8, 4) is 0 Å². The van der Waals surface area contributed by atoms with E-state index in [1.54, 1.807) is 11.8 Å². The van der Waals surface area contributed by atoms with Crippen LogP contribution in [0.25, 0.3) is 0 Å². The standard InChI is InChI=1S/C23H32N6OS/c1-17-8-5-6-9-19(17)16-31-23-25-24-22(29(23)14-21-10-7-11-30-21)15-27(3)12-20-13-28(4)26-18(20)2/h5-6,8-9,13,21H,7,10-12,14-16H2,1-4H3/t21-/m0/s1. The van der Waals surface area contributed by atoms with Crippen LogP contribution in [0, 0.1) is 13.8 Å². The van der Waals surface area contributed by atoms with E-state index in [0.717, 1.165) is 61.5 Å². The summed E-state index contributed by atoms with van der Waals surface area (Å²) in [5.41, 5.74) is 4.96. The summed E-state index contributed by atoms with van der Waals surface area (Å²) >= 11 is 1.76. The van der Waals surface area contributed by atoms with Crippen molar-refractivity contribution in [1.82, 2.24) is 29.4 Å². The molecule has 7 nitrogen and oxygen atoms in total. The van der Waals surface area contributed by atoms with Crippen LogP contribution in [0.5, 0.6) is 0 Å². The summed E-state index contributed by atoms with van der Waals surface area (Å²) in [7, 11) is 4.09. The Balaban J connectivity index is 1.49. The van der Waals surface area contributed by atoms with Crippen molar-refractivity contribution < 1.29 is 4.74 Å². The van der Waals surface area contributed by atoms with Gasteiger partial charge in [0.2, 0.25) is 0 Å². The number of hydrogen-bond acceptors (Lipinski definition) is 6. The van der Waals surface area contributed by atoms with Crippen molar-refractivity contribution in [2.24, 2.45) is 7.05 Å². The van der Waals surface area contributed by atoms with Crippen LogP contribution in [-0.2, 0) is 37.2 Å². The van der Waals surface area contributed by atoms with Crippen molar-refractivity contribution >= 4 is 11.8 Å². The van der Waals surface area contributed by atoms with Gasteiger partial charge >= 0.3 is 0 Å². The minimum atomic E-state index is 0.249. The van der Waals surface area contributed by atoms with Gasteiger partial charge in [0.25, 0.3) is 0 Å². The molecular formula is C23H32N6OS. The fourth-order valence-corrected chi connectivity index (χ4v) is 5.07. The van der Waals surface area contributed by atoms with Crippen LogP contribution in [0.15, 0.2) is 35.6 Å². The van der Waals surface area contributed by atoms with E-state index in [1.165, 1.54) is 16.7 Å². The fourth-order valence-electron chi connectivity index (χ4n) is 4.02. The molecule has 0 radical (unpaired) electrons. The van der Waals surface area contributed by atoms with Crippen molar-refractivity contribution in [2.45, 2.75) is 63.3 Å². The summed E-state index contributed by atoms with van der Waals surface area (Å²) in [5.74, 6) is 1.88. The summed E-state index contributed by atoms with van der Waals surface area (Å²) in [4.78, 5) is 2.27. The average molecular weight is 441 g/mol. The third-order valence-electron chi connectivity index (χ3n) is 5.79. The number of aryl methyl sites for hydroxylation is 3. The molecule has 3 aromatic rings. The number of nitrogens with zero attached hydrogens (tertiary/aromatic N) is 6. The first-order chi connectivity index (χ1) is 15.0. The Labute approximate surface area is 188 Å². The molecular weight excluding hydrogens is 408 g/mol. The summed E-state index contributed by atoms with van der Waals surface area (Å²) < 4.78 is 10.1. The second-order valence-corrected chi connectivity index (χ2v) is 9.39. The quantitative estimate of drug-likeness (QED) is 0.473. The molecule has 1 aliphatic rings. The second kappa shape index (κ2) is 9.97. The second-order valence-electron chi connectivity index (χ2n) is 8.45. The van der Waals surface area contributed by atoms with E-state index in [9.17, 15) is 0 Å². The number of thioether (sulfide) groups is 1. The summed E-state index contributed by atoms with van der Waals surface area (Å²) in [6.07, 6.45) is 4.57. The van der Waals surface area contributed by atoms with E-state index in [0.29, 0.717) is 0 Å². The molecule has 4 rings (SSSR count). The maximum Gasteiger partial charge on any atom is 0.191 e. The number of ether oxygens (including phenoxy) is 1. The molecule has 0 unspecified atom stereocenters. The molecule has 1 atom stereocenters. The highest BCUT2D eigenvalue weighted by molar-refractivity contribution is 7.98. The molecule has 1 saturated heterocycles. The first-order valence-corrected chi connectivity index (χ1v) is 11.9. The van der Waals surface area contributed by atoms with Crippen molar-refractivity contribution in [3.05, 3.63) is 58.7 Å². The van der Waals surface area contributed by atoms with Gasteiger partial charge in [0.1, 0.15) is 5.82 Å². The van der Waals surface area contributed by atoms with Crippen molar-refractivity contribution in [3.63, 3.8) is 0 Å². The third kappa shape index (κ3) is 5.56. The Hall–Kier alpha value is -2.16. The molecule has 0 amide bonds. The van der Waals surface area contributed by atoms with Crippen LogP contribution in [-0.4, -0.2) is 49.2 Å². The van der Waals surface area contributed by atoms with Gasteiger partial charge < -0.3 is 9.30 Å². The normalized spacial score (nSPS) is 16.5. The van der Waals surface area contributed by atoms with Gasteiger partial charge in [-0.3, -0.25) is 9.58 Å². The molecule has 0 spiro atoms. The Kier molecular flexibility index (Phi) is 7.09. The monoisotopic (exact) mass is 440 g/mol. The highest BCUT2D eigenvalue weighted by Gasteiger charge is 2.22. The Bertz CT molecular complexity index is 1010. The smallest absolute Gasteiger partial charge is 0.191 e. The molecule has 8 heteroatoms. The number of rotatable bonds is 9. The molecule has 3 heterocycles. The van der Waals surface area contributed by atoms with Crippen molar-refractivity contribution in [2.75, 3.05) is 13.7 Å². The largest absolute Gasteiger partial charge is 0.376 e. The highest BCUT2D eigenvalue weighted by atomic mass is 32.2. The van der Waals surface area contributed by atoms with Crippen LogP contribution < -0.4 is 0 Å². The van der Waals surface area contributed by atoms with E-state index < -0.39 is 0 Å². The number of hydrogen-bond donors (Lipinski definition) is 0. The molecule has 0 N–H and O–H groups in total. The first kappa shape index (κ1) is 22.0. The lowest BCUT2D eigenvalue weighted by molar-refractivity contribution is 0.0934. The zero-order valence-electron chi connectivity index (χ0n) is 18.9. The van der Waals surface area contributed by atoms with Gasteiger partial charge in [-0.1, -0.05) is 36.0 Å². The van der Waals surface area contributed by atoms with Crippen LogP contribution in [0.3, 0.4) is 0 Å². The van der Waals surface area contributed by atoms with Gasteiger partial charge in [-0.25, -0.2) is 0 Å². The topological polar surface area (TPSA) is 61.0 Å². The maximum absolute atomic E-state index is 5.93. The van der Waals surface area contributed by atoms with E-state index >= 15 is 0 Å². The lowest BCUT2D eigenvalue weighted by Gasteiger charge is -2.19. The number of benzene rings is 1. The fraction of sp³-hybridized carbons (Fsp3) is 0.522. The summed E-state index contributed by atoms with van der Waals surface area (Å²) in [6.45, 7) is 7.46. The third-order valence-corrected chi connectivity index (χ3v) is 6.80. The van der Waals surface area contributed by atoms with E-state index in [4.69, 9.17) is 4.74 Å². The minimum Gasteiger partial charge on any atom is -0.376 e. The number of aromatic nitrogens is 5. The Morgan fingerprint density at radius 1 is 1.16 bits per heavy atom. The lowest BCUT2D eigenvalue weighted by atomic mass is 10.1. The molecule has 1 fully saturated rings. The Morgan fingerprint density at radius 3 is 2.71 bits per heavy atom. The zero-order valence-corrected chi connectivity index (χ0v) is 19.7. The first-order valence-electron chi connectivity index (χ1n) is 10.9. The highest BCUT2D eigenvalue weighted by Crippen LogP contribution is 2.26. The van der Waals surface area contributed by atoms with E-state index in [2.05, 4.69) is 76.1 Å². The lowest BCUT2D eigenvalue weighted by Crippen LogP contribution is -2.23. The van der Waals surface area contributed by atoms with Gasteiger partial charge in [-0.15, -0.1) is 10.2 Å². The predicted octanol–water partition coefficient (Wildman–Crippen LogP) is 3.73. The van der Waals surface area contributed by atoms with Gasteiger partial charge in [0, 0.05) is 37.7 Å². The molecule has 1 aromatic carbocycles. The molecule has 0 saturated carbocycles. The van der Waals surface area contributed by atoms with Crippen molar-refractivity contribution in [1.29, 1.82) is 0 Å². The zero-order chi connectivity index (χ0) is 21.8. The molecule has 0 aliphatic carbocycles. The molecule has 2 aromatic heterocycles.